The third-order valence-electron chi connectivity index (χ3n) is 3.04. The van der Waals surface area contributed by atoms with Gasteiger partial charge in [-0.25, -0.2) is 0 Å². The second kappa shape index (κ2) is 6.36. The first-order valence-electron chi connectivity index (χ1n) is 6.23. The summed E-state index contributed by atoms with van der Waals surface area (Å²) in [5.74, 6) is -0.0980. The van der Waals surface area contributed by atoms with Crippen LogP contribution in [0, 0.1) is 0 Å². The third-order valence-corrected chi connectivity index (χ3v) is 3.04. The number of aromatic amines is 1. The number of aromatic nitrogens is 1. The van der Waals surface area contributed by atoms with Gasteiger partial charge in [-0.05, 0) is 12.1 Å². The van der Waals surface area contributed by atoms with E-state index in [0.717, 1.165) is 10.9 Å². The zero-order chi connectivity index (χ0) is 13.7. The van der Waals surface area contributed by atoms with Crippen LogP contribution in [-0.4, -0.2) is 54.3 Å². The molecule has 0 fully saturated rings. The Hall–Kier alpha value is -1.85. The van der Waals surface area contributed by atoms with Crippen molar-refractivity contribution in [2.75, 3.05) is 33.4 Å². The molecule has 1 heterocycles. The number of carbonyl (C=O) groups excluding carboxylic acids is 1. The Morgan fingerprint density at radius 1 is 1.37 bits per heavy atom. The van der Waals surface area contributed by atoms with Gasteiger partial charge in [0, 0.05) is 31.8 Å². The molecule has 0 saturated carbocycles. The van der Waals surface area contributed by atoms with Crippen molar-refractivity contribution < 1.29 is 14.6 Å². The van der Waals surface area contributed by atoms with Crippen molar-refractivity contribution in [1.29, 1.82) is 0 Å². The van der Waals surface area contributed by atoms with Gasteiger partial charge in [-0.1, -0.05) is 12.1 Å². The number of amides is 1. The number of benzene rings is 1. The van der Waals surface area contributed by atoms with E-state index in [1.54, 1.807) is 18.1 Å². The van der Waals surface area contributed by atoms with Crippen LogP contribution in [0.1, 0.15) is 10.4 Å². The normalized spacial score (nSPS) is 10.8. The van der Waals surface area contributed by atoms with E-state index in [-0.39, 0.29) is 12.5 Å². The Balaban J connectivity index is 2.27. The zero-order valence-corrected chi connectivity index (χ0v) is 10.9. The van der Waals surface area contributed by atoms with Crippen molar-refractivity contribution in [2.45, 2.75) is 0 Å². The number of nitrogens with one attached hydrogen (secondary N) is 1. The SMILES string of the molecule is COCCN(CCO)C(=O)c1cccc2cc[nH]c12. The molecule has 0 radical (unpaired) electrons. The molecule has 0 bridgehead atoms. The predicted octanol–water partition coefficient (Wildman–Crippen LogP) is 1.25. The number of nitrogens with zero attached hydrogens (tertiary/aromatic N) is 1. The molecule has 0 aliphatic heterocycles. The highest BCUT2D eigenvalue weighted by Crippen LogP contribution is 2.18. The van der Waals surface area contributed by atoms with Crippen LogP contribution in [0.2, 0.25) is 0 Å². The van der Waals surface area contributed by atoms with Gasteiger partial charge >= 0.3 is 0 Å². The van der Waals surface area contributed by atoms with Crippen LogP contribution < -0.4 is 0 Å². The highest BCUT2D eigenvalue weighted by atomic mass is 16.5. The molecule has 0 aliphatic carbocycles. The van der Waals surface area contributed by atoms with E-state index in [1.165, 1.54) is 0 Å². The molecular formula is C14H18N2O3. The molecule has 1 amide bonds. The van der Waals surface area contributed by atoms with Gasteiger partial charge in [0.15, 0.2) is 0 Å². The summed E-state index contributed by atoms with van der Waals surface area (Å²) in [6.07, 6.45) is 1.81. The summed E-state index contributed by atoms with van der Waals surface area (Å²) >= 11 is 0. The van der Waals surface area contributed by atoms with E-state index >= 15 is 0 Å². The van der Waals surface area contributed by atoms with Gasteiger partial charge in [-0.15, -0.1) is 0 Å². The van der Waals surface area contributed by atoms with Crippen molar-refractivity contribution in [3.8, 4) is 0 Å². The van der Waals surface area contributed by atoms with Crippen molar-refractivity contribution in [2.24, 2.45) is 0 Å². The Morgan fingerprint density at radius 2 is 2.21 bits per heavy atom. The van der Waals surface area contributed by atoms with Crippen molar-refractivity contribution >= 4 is 16.8 Å². The van der Waals surface area contributed by atoms with Crippen molar-refractivity contribution in [3.05, 3.63) is 36.0 Å². The number of hydrogen-bond donors (Lipinski definition) is 2. The number of para-hydroxylation sites is 1. The summed E-state index contributed by atoms with van der Waals surface area (Å²) < 4.78 is 4.99. The van der Waals surface area contributed by atoms with Gasteiger partial charge in [0.1, 0.15) is 0 Å². The fourth-order valence-corrected chi connectivity index (χ4v) is 2.07. The van der Waals surface area contributed by atoms with E-state index in [9.17, 15) is 4.79 Å². The van der Waals surface area contributed by atoms with Gasteiger partial charge < -0.3 is 19.7 Å². The molecule has 0 saturated heterocycles. The molecule has 1 aromatic carbocycles. The first-order chi connectivity index (χ1) is 9.27. The highest BCUT2D eigenvalue weighted by Gasteiger charge is 2.17. The summed E-state index contributed by atoms with van der Waals surface area (Å²) in [4.78, 5) is 17.2. The van der Waals surface area contributed by atoms with E-state index in [2.05, 4.69) is 4.98 Å². The standard InChI is InChI=1S/C14H18N2O3/c1-19-10-8-16(7-9-17)14(18)12-4-2-3-11-5-6-15-13(11)12/h2-6,15,17H,7-10H2,1H3. The monoisotopic (exact) mass is 262 g/mol. The summed E-state index contributed by atoms with van der Waals surface area (Å²) in [7, 11) is 1.59. The molecule has 0 unspecified atom stereocenters. The average molecular weight is 262 g/mol. The fourth-order valence-electron chi connectivity index (χ4n) is 2.07. The molecule has 0 atom stereocenters. The topological polar surface area (TPSA) is 65.6 Å². The highest BCUT2D eigenvalue weighted by molar-refractivity contribution is 6.05. The fraction of sp³-hybridized carbons (Fsp3) is 0.357. The van der Waals surface area contributed by atoms with Crippen LogP contribution in [0.5, 0.6) is 0 Å². The van der Waals surface area contributed by atoms with Crippen LogP contribution >= 0.6 is 0 Å². The lowest BCUT2D eigenvalue weighted by molar-refractivity contribution is 0.0658. The quantitative estimate of drug-likeness (QED) is 0.823. The van der Waals surface area contributed by atoms with E-state index in [0.29, 0.717) is 25.3 Å². The molecule has 2 aromatic rings. The number of fused-ring (bicyclic) bond motifs is 1. The molecule has 19 heavy (non-hydrogen) atoms. The number of ether oxygens (including phenoxy) is 1. The lowest BCUT2D eigenvalue weighted by atomic mass is 10.1. The van der Waals surface area contributed by atoms with Gasteiger partial charge in [-0.2, -0.15) is 0 Å². The number of aliphatic hydroxyl groups is 1. The first kappa shape index (κ1) is 13.6. The first-order valence-corrected chi connectivity index (χ1v) is 6.23. The average Bonchev–Trinajstić information content (AvgIpc) is 2.91. The van der Waals surface area contributed by atoms with Gasteiger partial charge in [0.2, 0.25) is 0 Å². The summed E-state index contributed by atoms with van der Waals surface area (Å²) in [6, 6.07) is 7.53. The van der Waals surface area contributed by atoms with Crippen LogP contribution in [0.25, 0.3) is 10.9 Å². The number of carbonyl (C=O) groups is 1. The molecule has 2 rings (SSSR count). The van der Waals surface area contributed by atoms with Gasteiger partial charge in [0.05, 0.1) is 24.3 Å². The van der Waals surface area contributed by atoms with Crippen LogP contribution in [0.15, 0.2) is 30.5 Å². The molecular weight excluding hydrogens is 244 g/mol. The number of rotatable bonds is 6. The minimum Gasteiger partial charge on any atom is -0.395 e. The maximum absolute atomic E-state index is 12.5. The van der Waals surface area contributed by atoms with Gasteiger partial charge in [-0.3, -0.25) is 4.79 Å². The van der Waals surface area contributed by atoms with Crippen molar-refractivity contribution in [1.82, 2.24) is 9.88 Å². The van der Waals surface area contributed by atoms with E-state index < -0.39 is 0 Å². The van der Waals surface area contributed by atoms with Crippen LogP contribution in [0.4, 0.5) is 0 Å². The minimum atomic E-state index is -0.0980. The molecule has 1 aromatic heterocycles. The Kier molecular flexibility index (Phi) is 4.54. The van der Waals surface area contributed by atoms with E-state index in [1.807, 2.05) is 24.4 Å². The summed E-state index contributed by atoms with van der Waals surface area (Å²) in [5.41, 5.74) is 1.44. The smallest absolute Gasteiger partial charge is 0.256 e. The molecule has 0 spiro atoms. The minimum absolute atomic E-state index is 0.0594. The van der Waals surface area contributed by atoms with Crippen molar-refractivity contribution in [3.63, 3.8) is 0 Å². The van der Waals surface area contributed by atoms with E-state index in [4.69, 9.17) is 9.84 Å². The number of H-pyrrole nitrogens is 1. The summed E-state index contributed by atoms with van der Waals surface area (Å²) in [5, 5.41) is 10.1. The predicted molar refractivity (Wildman–Crippen MR) is 73.2 cm³/mol. The third kappa shape index (κ3) is 2.94. The zero-order valence-electron chi connectivity index (χ0n) is 10.9. The Labute approximate surface area is 111 Å². The molecule has 5 heteroatoms. The van der Waals surface area contributed by atoms with Gasteiger partial charge in [0.25, 0.3) is 5.91 Å². The maximum Gasteiger partial charge on any atom is 0.256 e. The molecule has 102 valence electrons. The Morgan fingerprint density at radius 3 is 2.95 bits per heavy atom. The molecule has 5 nitrogen and oxygen atoms in total. The Bertz CT molecular complexity index is 550. The summed E-state index contributed by atoms with van der Waals surface area (Å²) in [6.45, 7) is 1.16. The number of methoxy groups -OCH3 is 1. The number of hydrogen-bond acceptors (Lipinski definition) is 3. The molecule has 0 aliphatic rings. The lowest BCUT2D eigenvalue weighted by Gasteiger charge is -2.21. The van der Waals surface area contributed by atoms with Crippen LogP contribution in [0.3, 0.4) is 0 Å². The maximum atomic E-state index is 12.5. The largest absolute Gasteiger partial charge is 0.395 e. The molecule has 2 N–H and O–H groups in total. The van der Waals surface area contributed by atoms with Crippen LogP contribution in [-0.2, 0) is 4.74 Å². The second-order valence-corrected chi connectivity index (χ2v) is 4.26. The number of aliphatic hydroxyl groups excluding tert-OH is 1. The lowest BCUT2D eigenvalue weighted by Crippen LogP contribution is -2.36. The second-order valence-electron chi connectivity index (χ2n) is 4.26.